The third-order valence-corrected chi connectivity index (χ3v) is 3.22. The van der Waals surface area contributed by atoms with Gasteiger partial charge in [-0.05, 0) is 31.5 Å². The van der Waals surface area contributed by atoms with E-state index in [-0.39, 0.29) is 11.9 Å². The van der Waals surface area contributed by atoms with Crippen LogP contribution in [0.3, 0.4) is 0 Å². The van der Waals surface area contributed by atoms with Gasteiger partial charge in [-0.25, -0.2) is 0 Å². The number of anilines is 1. The Labute approximate surface area is 104 Å². The van der Waals surface area contributed by atoms with Gasteiger partial charge in [-0.1, -0.05) is 29.3 Å². The van der Waals surface area contributed by atoms with Crippen molar-refractivity contribution in [2.24, 2.45) is 0 Å². The van der Waals surface area contributed by atoms with E-state index in [0.717, 1.165) is 19.4 Å². The number of hydrogen-bond acceptors (Lipinski definition) is 2. The van der Waals surface area contributed by atoms with Crippen molar-refractivity contribution in [1.82, 2.24) is 5.32 Å². The maximum absolute atomic E-state index is 11.8. The second kappa shape index (κ2) is 5.04. The van der Waals surface area contributed by atoms with Crippen molar-refractivity contribution in [3.8, 4) is 0 Å². The van der Waals surface area contributed by atoms with Gasteiger partial charge in [0.2, 0.25) is 5.91 Å². The first-order valence-electron chi connectivity index (χ1n) is 5.17. The van der Waals surface area contributed by atoms with Gasteiger partial charge >= 0.3 is 0 Å². The van der Waals surface area contributed by atoms with Crippen LogP contribution in [0, 0.1) is 0 Å². The summed E-state index contributed by atoms with van der Waals surface area (Å²) in [6.07, 6.45) is 1.88. The number of carbonyl (C=O) groups excluding carboxylic acids is 1. The summed E-state index contributed by atoms with van der Waals surface area (Å²) in [7, 11) is 0. The molecule has 1 fully saturated rings. The summed E-state index contributed by atoms with van der Waals surface area (Å²) in [4.78, 5) is 11.8. The summed E-state index contributed by atoms with van der Waals surface area (Å²) >= 11 is 11.9. The Kier molecular flexibility index (Phi) is 3.69. The first kappa shape index (κ1) is 11.7. The Hall–Kier alpha value is -0.770. The lowest BCUT2D eigenvalue weighted by molar-refractivity contribution is -0.117. The van der Waals surface area contributed by atoms with Gasteiger partial charge in [0.25, 0.3) is 0 Å². The van der Waals surface area contributed by atoms with E-state index in [4.69, 9.17) is 23.2 Å². The van der Waals surface area contributed by atoms with Crippen molar-refractivity contribution in [2.45, 2.75) is 18.9 Å². The van der Waals surface area contributed by atoms with Gasteiger partial charge in [0.15, 0.2) is 0 Å². The molecule has 1 aliphatic rings. The molecule has 5 heteroatoms. The smallest absolute Gasteiger partial charge is 0.241 e. The zero-order valence-corrected chi connectivity index (χ0v) is 10.1. The van der Waals surface area contributed by atoms with E-state index in [2.05, 4.69) is 10.6 Å². The SMILES string of the molecule is O=C(Nc1c(Cl)cccc1Cl)[C@H]1CCCN1. The van der Waals surface area contributed by atoms with Gasteiger partial charge in [-0.15, -0.1) is 0 Å². The summed E-state index contributed by atoms with van der Waals surface area (Å²) < 4.78 is 0. The maximum Gasteiger partial charge on any atom is 0.241 e. The van der Waals surface area contributed by atoms with Crippen LogP contribution in [0.5, 0.6) is 0 Å². The lowest BCUT2D eigenvalue weighted by atomic mass is 10.2. The number of hydrogen-bond donors (Lipinski definition) is 2. The van der Waals surface area contributed by atoms with E-state index in [1.54, 1.807) is 18.2 Å². The molecule has 1 atom stereocenters. The highest BCUT2D eigenvalue weighted by molar-refractivity contribution is 6.39. The molecule has 3 nitrogen and oxygen atoms in total. The quantitative estimate of drug-likeness (QED) is 0.857. The fourth-order valence-electron chi connectivity index (χ4n) is 1.74. The van der Waals surface area contributed by atoms with Crippen LogP contribution in [0.1, 0.15) is 12.8 Å². The summed E-state index contributed by atoms with van der Waals surface area (Å²) in [5.41, 5.74) is 0.490. The molecule has 0 bridgehead atoms. The molecule has 0 saturated carbocycles. The molecule has 2 N–H and O–H groups in total. The van der Waals surface area contributed by atoms with Crippen LogP contribution in [-0.2, 0) is 4.79 Å². The highest BCUT2D eigenvalue weighted by Crippen LogP contribution is 2.30. The van der Waals surface area contributed by atoms with Crippen molar-refractivity contribution in [3.63, 3.8) is 0 Å². The molecule has 0 aromatic heterocycles. The minimum absolute atomic E-state index is 0.0764. The van der Waals surface area contributed by atoms with E-state index in [1.807, 2.05) is 0 Å². The summed E-state index contributed by atoms with van der Waals surface area (Å²) in [5, 5.41) is 6.79. The van der Waals surface area contributed by atoms with E-state index in [0.29, 0.717) is 15.7 Å². The topological polar surface area (TPSA) is 41.1 Å². The molecule has 86 valence electrons. The molecule has 1 aromatic carbocycles. The normalized spacial score (nSPS) is 19.8. The van der Waals surface area contributed by atoms with Gasteiger partial charge in [0.1, 0.15) is 0 Å². The van der Waals surface area contributed by atoms with Crippen LogP contribution in [0.15, 0.2) is 18.2 Å². The Balaban J connectivity index is 2.11. The Morgan fingerprint density at radius 3 is 2.62 bits per heavy atom. The van der Waals surface area contributed by atoms with Crippen LogP contribution in [0.4, 0.5) is 5.69 Å². The van der Waals surface area contributed by atoms with Crippen molar-refractivity contribution in [3.05, 3.63) is 28.2 Å². The number of amides is 1. The van der Waals surface area contributed by atoms with E-state index in [1.165, 1.54) is 0 Å². The van der Waals surface area contributed by atoms with Crippen molar-refractivity contribution >= 4 is 34.8 Å². The van der Waals surface area contributed by atoms with Crippen LogP contribution in [0.25, 0.3) is 0 Å². The Bertz CT molecular complexity index is 383. The summed E-state index contributed by atoms with van der Waals surface area (Å²) in [5.74, 6) is -0.0764. The van der Waals surface area contributed by atoms with Gasteiger partial charge in [0, 0.05) is 0 Å². The monoisotopic (exact) mass is 258 g/mol. The van der Waals surface area contributed by atoms with Crippen molar-refractivity contribution < 1.29 is 4.79 Å². The minimum Gasteiger partial charge on any atom is -0.322 e. The highest BCUT2D eigenvalue weighted by atomic mass is 35.5. The van der Waals surface area contributed by atoms with Gasteiger partial charge in [0.05, 0.1) is 21.8 Å². The Morgan fingerprint density at radius 2 is 2.06 bits per heavy atom. The van der Waals surface area contributed by atoms with Gasteiger partial charge < -0.3 is 10.6 Å². The molecule has 0 unspecified atom stereocenters. The lowest BCUT2D eigenvalue weighted by Gasteiger charge is -2.13. The minimum atomic E-state index is -0.132. The molecule has 1 heterocycles. The van der Waals surface area contributed by atoms with Crippen LogP contribution < -0.4 is 10.6 Å². The van der Waals surface area contributed by atoms with Crippen LogP contribution >= 0.6 is 23.2 Å². The third kappa shape index (κ3) is 2.48. The molecule has 0 aliphatic carbocycles. The fourth-order valence-corrected chi connectivity index (χ4v) is 2.23. The second-order valence-corrected chi connectivity index (χ2v) is 4.55. The van der Waals surface area contributed by atoms with Crippen molar-refractivity contribution in [2.75, 3.05) is 11.9 Å². The van der Waals surface area contributed by atoms with Crippen molar-refractivity contribution in [1.29, 1.82) is 0 Å². The predicted octanol–water partition coefficient (Wildman–Crippen LogP) is 2.68. The van der Waals surface area contributed by atoms with Gasteiger partial charge in [-0.3, -0.25) is 4.79 Å². The molecule has 0 spiro atoms. The second-order valence-electron chi connectivity index (χ2n) is 3.73. The van der Waals surface area contributed by atoms with Crippen LogP contribution in [0.2, 0.25) is 10.0 Å². The average Bonchev–Trinajstić information content (AvgIpc) is 2.76. The van der Waals surface area contributed by atoms with E-state index < -0.39 is 0 Å². The molecule has 1 saturated heterocycles. The Morgan fingerprint density at radius 1 is 1.38 bits per heavy atom. The average molecular weight is 259 g/mol. The zero-order chi connectivity index (χ0) is 11.5. The maximum atomic E-state index is 11.8. The lowest BCUT2D eigenvalue weighted by Crippen LogP contribution is -2.35. The predicted molar refractivity (Wildman–Crippen MR) is 66.1 cm³/mol. The molecule has 16 heavy (non-hydrogen) atoms. The number of nitrogens with one attached hydrogen (secondary N) is 2. The summed E-state index contributed by atoms with van der Waals surface area (Å²) in [6.45, 7) is 0.883. The molecule has 1 aromatic rings. The number of carbonyl (C=O) groups is 1. The molecule has 1 aliphatic heterocycles. The fraction of sp³-hybridized carbons (Fsp3) is 0.364. The number of benzene rings is 1. The number of halogens is 2. The number of para-hydroxylation sites is 1. The first-order chi connectivity index (χ1) is 7.68. The van der Waals surface area contributed by atoms with E-state index >= 15 is 0 Å². The zero-order valence-electron chi connectivity index (χ0n) is 8.59. The standard InChI is InChI=1S/C11H12Cl2N2O/c12-7-3-1-4-8(13)10(7)15-11(16)9-5-2-6-14-9/h1,3-4,9,14H,2,5-6H2,(H,15,16)/t9-/m1/s1. The van der Waals surface area contributed by atoms with Crippen LogP contribution in [-0.4, -0.2) is 18.5 Å². The molecular formula is C11H12Cl2N2O. The molecule has 1 amide bonds. The number of rotatable bonds is 2. The van der Waals surface area contributed by atoms with Gasteiger partial charge in [-0.2, -0.15) is 0 Å². The van der Waals surface area contributed by atoms with E-state index in [9.17, 15) is 4.79 Å². The third-order valence-electron chi connectivity index (χ3n) is 2.59. The molecule has 0 radical (unpaired) electrons. The first-order valence-corrected chi connectivity index (χ1v) is 5.92. The molecular weight excluding hydrogens is 247 g/mol. The largest absolute Gasteiger partial charge is 0.322 e. The highest BCUT2D eigenvalue weighted by Gasteiger charge is 2.23. The summed E-state index contributed by atoms with van der Waals surface area (Å²) in [6, 6.07) is 5.01. The molecule has 2 rings (SSSR count).